The van der Waals surface area contributed by atoms with Crippen molar-refractivity contribution in [2.75, 3.05) is 26.4 Å². The lowest BCUT2D eigenvalue weighted by Crippen LogP contribution is -2.32. The van der Waals surface area contributed by atoms with Gasteiger partial charge in [0.15, 0.2) is 0 Å². The molecule has 4 nitrogen and oxygen atoms in total. The van der Waals surface area contributed by atoms with E-state index in [1.54, 1.807) is 0 Å². The summed E-state index contributed by atoms with van der Waals surface area (Å²) in [5.41, 5.74) is 0. The molecule has 0 fully saturated rings. The number of rotatable bonds is 17. The van der Waals surface area contributed by atoms with Gasteiger partial charge >= 0.3 is 0 Å². The third kappa shape index (κ3) is 16.0. The first kappa shape index (κ1) is 22.4. The first-order valence-electron chi connectivity index (χ1n) is 9.79. The van der Waals surface area contributed by atoms with Crippen molar-refractivity contribution < 1.29 is 9.53 Å². The number of hydrogen-bond donors (Lipinski definition) is 2. The Labute approximate surface area is 144 Å². The van der Waals surface area contributed by atoms with Gasteiger partial charge in [-0.25, -0.2) is 0 Å². The molecule has 0 aromatic carbocycles. The second-order valence-corrected chi connectivity index (χ2v) is 6.47. The van der Waals surface area contributed by atoms with Gasteiger partial charge in [-0.2, -0.15) is 0 Å². The zero-order valence-corrected chi connectivity index (χ0v) is 15.8. The zero-order valence-electron chi connectivity index (χ0n) is 15.8. The third-order valence-corrected chi connectivity index (χ3v) is 4.09. The Bertz CT molecular complexity index is 260. The fourth-order valence-electron chi connectivity index (χ4n) is 2.64. The lowest BCUT2D eigenvalue weighted by atomic mass is 9.96. The quantitative estimate of drug-likeness (QED) is 0.310. The third-order valence-electron chi connectivity index (χ3n) is 4.09. The van der Waals surface area contributed by atoms with Crippen LogP contribution in [0.25, 0.3) is 0 Å². The molecule has 0 spiro atoms. The summed E-state index contributed by atoms with van der Waals surface area (Å²) in [6, 6.07) is 0. The van der Waals surface area contributed by atoms with E-state index < -0.39 is 0 Å². The molecule has 138 valence electrons. The molecule has 0 heterocycles. The van der Waals surface area contributed by atoms with E-state index in [4.69, 9.17) is 4.74 Å². The predicted molar refractivity (Wildman–Crippen MR) is 98.5 cm³/mol. The largest absolute Gasteiger partial charge is 0.366 e. The van der Waals surface area contributed by atoms with E-state index in [1.165, 1.54) is 51.4 Å². The molecule has 0 bridgehead atoms. The van der Waals surface area contributed by atoms with E-state index >= 15 is 0 Å². The Hall–Kier alpha value is -0.610. The van der Waals surface area contributed by atoms with Gasteiger partial charge in [-0.15, -0.1) is 0 Å². The average molecular weight is 329 g/mol. The lowest BCUT2D eigenvalue weighted by Gasteiger charge is -2.17. The van der Waals surface area contributed by atoms with Crippen LogP contribution in [0.15, 0.2) is 0 Å². The van der Waals surface area contributed by atoms with E-state index in [0.717, 1.165) is 19.6 Å². The maximum absolute atomic E-state index is 11.3. The maximum Gasteiger partial charge on any atom is 0.220 e. The molecular weight excluding hydrogens is 288 g/mol. The van der Waals surface area contributed by atoms with Crippen LogP contribution in [0, 0.1) is 5.92 Å². The van der Waals surface area contributed by atoms with Crippen molar-refractivity contribution in [3.63, 3.8) is 0 Å². The summed E-state index contributed by atoms with van der Waals surface area (Å²) < 4.78 is 5.78. The molecular formula is C19H40N2O2. The zero-order chi connectivity index (χ0) is 17.2. The van der Waals surface area contributed by atoms with Crippen LogP contribution in [0.4, 0.5) is 0 Å². The van der Waals surface area contributed by atoms with Gasteiger partial charge in [-0.1, -0.05) is 59.3 Å². The Balaban J connectivity index is 3.58. The van der Waals surface area contributed by atoms with Crippen molar-refractivity contribution in [2.45, 2.75) is 85.0 Å². The van der Waals surface area contributed by atoms with Crippen LogP contribution >= 0.6 is 0 Å². The molecule has 4 heteroatoms. The molecule has 1 unspecified atom stereocenters. The summed E-state index contributed by atoms with van der Waals surface area (Å²) in [7, 11) is 0. The Morgan fingerprint density at radius 2 is 1.65 bits per heavy atom. The van der Waals surface area contributed by atoms with E-state index in [2.05, 4.69) is 24.5 Å². The summed E-state index contributed by atoms with van der Waals surface area (Å²) in [6.45, 7) is 9.42. The van der Waals surface area contributed by atoms with Gasteiger partial charge in [-0.3, -0.25) is 10.1 Å². The van der Waals surface area contributed by atoms with Crippen LogP contribution in [0.3, 0.4) is 0 Å². The Kier molecular flexibility index (Phi) is 17.3. The van der Waals surface area contributed by atoms with Crippen LogP contribution in [-0.4, -0.2) is 32.3 Å². The molecule has 1 amide bonds. The summed E-state index contributed by atoms with van der Waals surface area (Å²) in [5.74, 6) is 0.847. The highest BCUT2D eigenvalue weighted by molar-refractivity contribution is 5.75. The Morgan fingerprint density at radius 3 is 2.35 bits per heavy atom. The minimum atomic E-state index is 0.141. The molecule has 0 saturated carbocycles. The molecule has 1 atom stereocenters. The normalized spacial score (nSPS) is 12.3. The fraction of sp³-hybridized carbons (Fsp3) is 0.947. The number of carbonyl (C=O) groups is 1. The Morgan fingerprint density at radius 1 is 0.913 bits per heavy atom. The molecule has 0 rings (SSSR count). The minimum absolute atomic E-state index is 0.141. The highest BCUT2D eigenvalue weighted by Crippen LogP contribution is 2.17. The first-order valence-corrected chi connectivity index (χ1v) is 9.79. The van der Waals surface area contributed by atoms with Gasteiger partial charge in [0.25, 0.3) is 0 Å². The minimum Gasteiger partial charge on any atom is -0.366 e. The summed E-state index contributed by atoms with van der Waals surface area (Å²) in [6.07, 6.45) is 12.0. The summed E-state index contributed by atoms with van der Waals surface area (Å²) >= 11 is 0. The monoisotopic (exact) mass is 328 g/mol. The standard InChI is InChI=1S/C19H40N2O2/c1-4-7-9-10-13-18(12-8-5-2)16-23-17-20-14-15-21-19(22)11-6-3/h18,20H,4-17H2,1-3H3,(H,21,22). The van der Waals surface area contributed by atoms with Crippen LogP contribution in [0.5, 0.6) is 0 Å². The van der Waals surface area contributed by atoms with Crippen molar-refractivity contribution in [1.29, 1.82) is 0 Å². The summed E-state index contributed by atoms with van der Waals surface area (Å²) in [5, 5.41) is 6.13. The van der Waals surface area contributed by atoms with Crippen LogP contribution < -0.4 is 10.6 Å². The van der Waals surface area contributed by atoms with Gasteiger partial charge in [0.1, 0.15) is 0 Å². The number of unbranched alkanes of at least 4 members (excludes halogenated alkanes) is 4. The maximum atomic E-state index is 11.3. The first-order chi connectivity index (χ1) is 11.2. The molecule has 0 saturated heterocycles. The number of amides is 1. The van der Waals surface area contributed by atoms with Gasteiger partial charge in [0.2, 0.25) is 5.91 Å². The molecule has 2 N–H and O–H groups in total. The second kappa shape index (κ2) is 17.7. The molecule has 0 radical (unpaired) electrons. The van der Waals surface area contributed by atoms with Crippen LogP contribution in [0.2, 0.25) is 0 Å². The lowest BCUT2D eigenvalue weighted by molar-refractivity contribution is -0.121. The van der Waals surface area contributed by atoms with Gasteiger partial charge in [0.05, 0.1) is 13.3 Å². The number of nitrogens with one attached hydrogen (secondary N) is 2. The van der Waals surface area contributed by atoms with Gasteiger partial charge in [0, 0.05) is 19.5 Å². The summed E-state index contributed by atoms with van der Waals surface area (Å²) in [4.78, 5) is 11.3. The van der Waals surface area contributed by atoms with Crippen molar-refractivity contribution in [3.8, 4) is 0 Å². The highest BCUT2D eigenvalue weighted by Gasteiger charge is 2.08. The van der Waals surface area contributed by atoms with Crippen molar-refractivity contribution in [3.05, 3.63) is 0 Å². The van der Waals surface area contributed by atoms with E-state index in [0.29, 0.717) is 25.6 Å². The fourth-order valence-corrected chi connectivity index (χ4v) is 2.64. The number of hydrogen-bond acceptors (Lipinski definition) is 3. The molecule has 0 aliphatic carbocycles. The topological polar surface area (TPSA) is 50.4 Å². The highest BCUT2D eigenvalue weighted by atomic mass is 16.5. The van der Waals surface area contributed by atoms with Gasteiger partial charge in [-0.05, 0) is 25.2 Å². The second-order valence-electron chi connectivity index (χ2n) is 6.47. The molecule has 0 aromatic rings. The number of ether oxygens (including phenoxy) is 1. The van der Waals surface area contributed by atoms with Crippen molar-refractivity contribution >= 4 is 5.91 Å². The molecule has 23 heavy (non-hydrogen) atoms. The van der Waals surface area contributed by atoms with E-state index in [1.807, 2.05) is 6.92 Å². The molecule has 0 aliphatic rings. The van der Waals surface area contributed by atoms with Crippen LogP contribution in [0.1, 0.15) is 85.0 Å². The smallest absolute Gasteiger partial charge is 0.220 e. The van der Waals surface area contributed by atoms with Gasteiger partial charge < -0.3 is 10.1 Å². The van der Waals surface area contributed by atoms with Crippen molar-refractivity contribution in [1.82, 2.24) is 10.6 Å². The molecule has 0 aromatic heterocycles. The van der Waals surface area contributed by atoms with E-state index in [-0.39, 0.29) is 5.91 Å². The van der Waals surface area contributed by atoms with Crippen LogP contribution in [-0.2, 0) is 9.53 Å². The SMILES string of the molecule is CCCCCCC(CCCC)COCNCCNC(=O)CCC. The van der Waals surface area contributed by atoms with E-state index in [9.17, 15) is 4.79 Å². The average Bonchev–Trinajstić information content (AvgIpc) is 2.55. The predicted octanol–water partition coefficient (Wildman–Crippen LogP) is 4.24. The number of carbonyl (C=O) groups excluding carboxylic acids is 1. The van der Waals surface area contributed by atoms with Crippen molar-refractivity contribution in [2.24, 2.45) is 5.92 Å². The molecule has 0 aliphatic heterocycles.